The molecule has 0 unspecified atom stereocenters. The van der Waals surface area contributed by atoms with Crippen molar-refractivity contribution in [1.29, 1.82) is 0 Å². The van der Waals surface area contributed by atoms with Crippen LogP contribution in [0.25, 0.3) is 21.9 Å². The summed E-state index contributed by atoms with van der Waals surface area (Å²) in [5.41, 5.74) is 3.12. The third-order valence-corrected chi connectivity index (χ3v) is 3.51. The summed E-state index contributed by atoms with van der Waals surface area (Å²) >= 11 is 0. The summed E-state index contributed by atoms with van der Waals surface area (Å²) in [5.74, 6) is 0.0826. The predicted molar refractivity (Wildman–Crippen MR) is 78.0 cm³/mol. The molecule has 1 radical (unpaired) electrons. The van der Waals surface area contributed by atoms with Gasteiger partial charge in [-0.2, -0.15) is 17.7 Å². The van der Waals surface area contributed by atoms with Crippen LogP contribution in [0.4, 0.5) is 5.69 Å². The van der Waals surface area contributed by atoms with Crippen molar-refractivity contribution >= 4 is 27.6 Å². The zero-order chi connectivity index (χ0) is 14.4. The van der Waals surface area contributed by atoms with Gasteiger partial charge in [-0.05, 0) is 11.3 Å². The fourth-order valence-electron chi connectivity index (χ4n) is 2.49. The Hall–Kier alpha value is -1.26. The van der Waals surface area contributed by atoms with E-state index in [-0.39, 0.29) is 49.2 Å². The summed E-state index contributed by atoms with van der Waals surface area (Å²) in [5, 5.41) is 13.1. The van der Waals surface area contributed by atoms with Crippen molar-refractivity contribution in [3.63, 3.8) is 0 Å². The second-order valence-corrected chi connectivity index (χ2v) is 5.32. The quantitative estimate of drug-likeness (QED) is 0.379. The van der Waals surface area contributed by atoms with Crippen molar-refractivity contribution in [3.8, 4) is 0 Å². The minimum absolute atomic E-state index is 0. The molecule has 0 saturated heterocycles. The van der Waals surface area contributed by atoms with Crippen molar-refractivity contribution in [2.45, 2.75) is 26.7 Å². The van der Waals surface area contributed by atoms with Gasteiger partial charge in [-0.1, -0.05) is 32.2 Å². The average Bonchev–Trinajstić information content (AvgIpc) is 2.73. The second-order valence-electron chi connectivity index (χ2n) is 5.32. The van der Waals surface area contributed by atoms with Gasteiger partial charge in [0, 0.05) is 43.9 Å². The maximum Gasteiger partial charge on any atom is 0.276 e. The average molecular weight is 357 g/mol. The van der Waals surface area contributed by atoms with E-state index in [1.54, 1.807) is 0 Å². The van der Waals surface area contributed by atoms with Crippen LogP contribution in [0.1, 0.15) is 30.9 Å². The minimum atomic E-state index is -0.348. The third-order valence-electron chi connectivity index (χ3n) is 3.51. The van der Waals surface area contributed by atoms with E-state index in [0.717, 1.165) is 27.5 Å². The summed E-state index contributed by atoms with van der Waals surface area (Å²) in [6.45, 7) is 5.84. The first-order valence-electron chi connectivity index (χ1n) is 6.50. The molecule has 1 aromatic heterocycles. The number of benzene rings is 2. The minimum Gasteiger partial charge on any atom is -0.482 e. The molecule has 3 aromatic rings. The molecule has 21 heavy (non-hydrogen) atoms. The van der Waals surface area contributed by atoms with Gasteiger partial charge in [0.05, 0.1) is 11.0 Å². The number of fused-ring (bicyclic) bond motifs is 3. The molecule has 0 aliphatic carbocycles. The van der Waals surface area contributed by atoms with Crippen LogP contribution >= 0.6 is 0 Å². The van der Waals surface area contributed by atoms with Crippen LogP contribution in [0.15, 0.2) is 28.7 Å². The number of aryl methyl sites for hydroxylation is 1. The number of hydrogen-bond donors (Lipinski definition) is 0. The molecule has 4 nitrogen and oxygen atoms in total. The molecule has 3 rings (SSSR count). The molecule has 0 amide bonds. The van der Waals surface area contributed by atoms with Crippen LogP contribution in [-0.2, 0) is 32.7 Å². The van der Waals surface area contributed by atoms with Crippen molar-refractivity contribution < 1.29 is 42.0 Å². The molecule has 0 saturated carbocycles. The number of hydrogen-bond acceptors (Lipinski definition) is 3. The maximum atomic E-state index is 11.2. The molecule has 2 aromatic carbocycles. The molecule has 1 heterocycles. The number of nitro groups is 1. The fraction of sp³-hybridized carbons (Fsp3) is 0.250. The molecule has 0 fully saturated rings. The van der Waals surface area contributed by atoms with Crippen LogP contribution in [0.3, 0.4) is 0 Å². The Morgan fingerprint density at radius 3 is 2.48 bits per heavy atom. The van der Waals surface area contributed by atoms with Crippen molar-refractivity contribution in [3.05, 3.63) is 51.6 Å². The Labute approximate surface area is 147 Å². The zero-order valence-corrected chi connectivity index (χ0v) is 15.0. The Balaban J connectivity index is 0.00000161. The molecule has 0 aliphatic rings. The zero-order valence-electron chi connectivity index (χ0n) is 12.1. The van der Waals surface area contributed by atoms with Gasteiger partial charge < -0.3 is 4.42 Å². The molecule has 0 aliphatic heterocycles. The second kappa shape index (κ2) is 5.86. The third kappa shape index (κ3) is 2.75. The van der Waals surface area contributed by atoms with E-state index in [1.165, 1.54) is 6.07 Å². The van der Waals surface area contributed by atoms with E-state index >= 15 is 0 Å². The number of nitrogens with zero attached hydrogens (tertiary/aromatic N) is 1. The largest absolute Gasteiger partial charge is 0.482 e. The number of furan rings is 1. The van der Waals surface area contributed by atoms with E-state index in [4.69, 9.17) is 4.42 Å². The Morgan fingerprint density at radius 1 is 1.19 bits per heavy atom. The summed E-state index contributed by atoms with van der Waals surface area (Å²) in [4.78, 5) is 10.8. The SMILES string of the molecule is Cc1[c-]cc2c(c1)oc1cc([N+](=O)[O-])c(C(C)C)cc12.[Y]. The van der Waals surface area contributed by atoms with Gasteiger partial charge in [0.15, 0.2) is 0 Å². The summed E-state index contributed by atoms with van der Waals surface area (Å²) in [6.07, 6.45) is 0. The summed E-state index contributed by atoms with van der Waals surface area (Å²) in [6, 6.07) is 10.3. The number of rotatable bonds is 2. The van der Waals surface area contributed by atoms with Crippen LogP contribution in [-0.4, -0.2) is 4.92 Å². The van der Waals surface area contributed by atoms with Gasteiger partial charge in [-0.25, -0.2) is 0 Å². The summed E-state index contributed by atoms with van der Waals surface area (Å²) in [7, 11) is 0. The van der Waals surface area contributed by atoms with Gasteiger partial charge in [-0.15, -0.1) is 6.07 Å². The standard InChI is InChI=1S/C16H14NO3.Y/c1-9(2)12-7-13-11-5-4-10(3)6-15(11)20-16(13)8-14(12)17(18)19;/h5-9H,1-3H3;/q-1;. The van der Waals surface area contributed by atoms with Crippen LogP contribution < -0.4 is 0 Å². The van der Waals surface area contributed by atoms with Crippen molar-refractivity contribution in [1.82, 2.24) is 0 Å². The van der Waals surface area contributed by atoms with Crippen molar-refractivity contribution in [2.24, 2.45) is 0 Å². The first-order chi connectivity index (χ1) is 9.47. The molecule has 5 heteroatoms. The Morgan fingerprint density at radius 2 is 1.86 bits per heavy atom. The maximum absolute atomic E-state index is 11.2. The van der Waals surface area contributed by atoms with E-state index in [2.05, 4.69) is 6.07 Å². The van der Waals surface area contributed by atoms with E-state index < -0.39 is 0 Å². The molecular weight excluding hydrogens is 343 g/mol. The van der Waals surface area contributed by atoms with Gasteiger partial charge >= 0.3 is 0 Å². The van der Waals surface area contributed by atoms with E-state index in [0.29, 0.717) is 5.58 Å². The normalized spacial score (nSPS) is 11.0. The first kappa shape index (κ1) is 16.1. The van der Waals surface area contributed by atoms with Crippen LogP contribution in [0.5, 0.6) is 0 Å². The van der Waals surface area contributed by atoms with Gasteiger partial charge in [0.1, 0.15) is 5.58 Å². The molecule has 0 bridgehead atoms. The monoisotopic (exact) mass is 357 g/mol. The molecule has 0 spiro atoms. The van der Waals surface area contributed by atoms with E-state index in [9.17, 15) is 10.1 Å². The smallest absolute Gasteiger partial charge is 0.276 e. The Kier molecular flexibility index (Phi) is 4.50. The first-order valence-corrected chi connectivity index (χ1v) is 6.50. The fourth-order valence-corrected chi connectivity index (χ4v) is 2.49. The van der Waals surface area contributed by atoms with Gasteiger partial charge in [0.25, 0.3) is 5.69 Å². The predicted octanol–water partition coefficient (Wildman–Crippen LogP) is 4.72. The molecular formula is C16H14NO3Y-. The van der Waals surface area contributed by atoms with Gasteiger partial charge in [-0.3, -0.25) is 10.1 Å². The topological polar surface area (TPSA) is 56.3 Å². The number of nitro benzene ring substituents is 1. The van der Waals surface area contributed by atoms with Gasteiger partial charge in [0.2, 0.25) is 0 Å². The summed E-state index contributed by atoms with van der Waals surface area (Å²) < 4.78 is 5.73. The Bertz CT molecular complexity index is 836. The van der Waals surface area contributed by atoms with Crippen LogP contribution in [0, 0.1) is 23.1 Å². The van der Waals surface area contributed by atoms with Crippen LogP contribution in [0.2, 0.25) is 0 Å². The van der Waals surface area contributed by atoms with Crippen molar-refractivity contribution in [2.75, 3.05) is 0 Å². The molecule has 0 N–H and O–H groups in total. The molecule has 105 valence electrons. The van der Waals surface area contributed by atoms with E-state index in [1.807, 2.05) is 39.0 Å². The molecule has 0 atom stereocenters.